The minimum atomic E-state index is -0.701. The van der Waals surface area contributed by atoms with Crippen molar-refractivity contribution in [2.45, 2.75) is 13.0 Å². The number of benzene rings is 1. The fourth-order valence-electron chi connectivity index (χ4n) is 2.57. The lowest BCUT2D eigenvalue weighted by molar-refractivity contribution is 0.117. The van der Waals surface area contributed by atoms with Gasteiger partial charge in [0.2, 0.25) is 0 Å². The van der Waals surface area contributed by atoms with E-state index >= 15 is 0 Å². The van der Waals surface area contributed by atoms with Gasteiger partial charge >= 0.3 is 0 Å². The predicted molar refractivity (Wildman–Crippen MR) is 94.0 cm³/mol. The molecule has 8 heteroatoms. The third kappa shape index (κ3) is 3.80. The summed E-state index contributed by atoms with van der Waals surface area (Å²) in [6, 6.07) is 7.26. The van der Waals surface area contributed by atoms with Crippen LogP contribution in [0, 0.1) is 6.92 Å². The third-order valence-electron chi connectivity index (χ3n) is 3.78. The molecule has 0 amide bonds. The molecule has 0 saturated heterocycles. The largest absolute Gasteiger partial charge is 0.497 e. The maximum Gasteiger partial charge on any atom is 0.163 e. The number of methoxy groups -OCH3 is 1. The van der Waals surface area contributed by atoms with Crippen LogP contribution < -0.4 is 14.8 Å². The minimum absolute atomic E-state index is 0.153. The quantitative estimate of drug-likeness (QED) is 0.672. The lowest BCUT2D eigenvalue weighted by Gasteiger charge is -2.14. The summed E-state index contributed by atoms with van der Waals surface area (Å²) in [6.07, 6.45) is 0.776. The van der Waals surface area contributed by atoms with Crippen LogP contribution >= 0.6 is 0 Å². The van der Waals surface area contributed by atoms with E-state index in [0.29, 0.717) is 23.9 Å². The lowest BCUT2D eigenvalue weighted by Crippen LogP contribution is -2.26. The van der Waals surface area contributed by atoms with Crippen LogP contribution in [0.2, 0.25) is 0 Å². The summed E-state index contributed by atoms with van der Waals surface area (Å²) >= 11 is 0. The number of hydrogen-bond donors (Lipinski definition) is 2. The number of hydrogen-bond acceptors (Lipinski definition) is 7. The van der Waals surface area contributed by atoms with E-state index in [1.807, 2.05) is 32.2 Å². The molecule has 0 unspecified atom stereocenters. The minimum Gasteiger partial charge on any atom is -0.497 e. The molecule has 0 radical (unpaired) electrons. The van der Waals surface area contributed by atoms with Crippen molar-refractivity contribution in [1.29, 1.82) is 0 Å². The van der Waals surface area contributed by atoms with Gasteiger partial charge in [0.1, 0.15) is 36.4 Å². The van der Waals surface area contributed by atoms with Crippen molar-refractivity contribution in [2.75, 3.05) is 25.6 Å². The van der Waals surface area contributed by atoms with Crippen LogP contribution in [0.4, 0.5) is 5.82 Å². The van der Waals surface area contributed by atoms with Gasteiger partial charge in [-0.2, -0.15) is 5.10 Å². The standard InChI is InChI=1S/C17H21N5O3/c1-11-15-16(19-10-20-17(15)22(2)21-11)18-8-12(23)9-25-14-6-4-5-13(7-14)24-3/h4-7,10,12,23H,8-9H2,1-3H3,(H,18,19,20)/t12-/m0/s1. The molecule has 2 aromatic heterocycles. The van der Waals surface area contributed by atoms with Crippen molar-refractivity contribution in [2.24, 2.45) is 7.05 Å². The number of anilines is 1. The molecule has 8 nitrogen and oxygen atoms in total. The topological polar surface area (TPSA) is 94.3 Å². The number of aromatic nitrogens is 4. The third-order valence-corrected chi connectivity index (χ3v) is 3.78. The highest BCUT2D eigenvalue weighted by Gasteiger charge is 2.13. The highest BCUT2D eigenvalue weighted by atomic mass is 16.5. The number of ether oxygens (including phenoxy) is 2. The first-order valence-corrected chi connectivity index (χ1v) is 7.91. The predicted octanol–water partition coefficient (Wildman–Crippen LogP) is 1.53. The second-order valence-corrected chi connectivity index (χ2v) is 5.65. The Kier molecular flexibility index (Phi) is 4.99. The monoisotopic (exact) mass is 343 g/mol. The van der Waals surface area contributed by atoms with Gasteiger partial charge in [0.05, 0.1) is 18.2 Å². The molecule has 0 fully saturated rings. The van der Waals surface area contributed by atoms with E-state index in [9.17, 15) is 5.11 Å². The van der Waals surface area contributed by atoms with Crippen LogP contribution in [-0.4, -0.2) is 51.2 Å². The zero-order valence-corrected chi connectivity index (χ0v) is 14.4. The van der Waals surface area contributed by atoms with E-state index in [1.165, 1.54) is 6.33 Å². The molecule has 0 spiro atoms. The van der Waals surface area contributed by atoms with Gasteiger partial charge in [-0.05, 0) is 19.1 Å². The van der Waals surface area contributed by atoms with Crippen LogP contribution in [0.3, 0.4) is 0 Å². The average Bonchev–Trinajstić information content (AvgIpc) is 2.93. The van der Waals surface area contributed by atoms with Crippen LogP contribution in [0.1, 0.15) is 5.69 Å². The van der Waals surface area contributed by atoms with Gasteiger partial charge in [0.25, 0.3) is 0 Å². The summed E-state index contributed by atoms with van der Waals surface area (Å²) in [5.74, 6) is 2.00. The molecule has 0 bridgehead atoms. The van der Waals surface area contributed by atoms with Gasteiger partial charge in [-0.15, -0.1) is 0 Å². The molecule has 0 aliphatic rings. The van der Waals surface area contributed by atoms with Crippen LogP contribution in [0.15, 0.2) is 30.6 Å². The number of nitrogens with zero attached hydrogens (tertiary/aromatic N) is 4. The second kappa shape index (κ2) is 7.35. The Bertz CT molecular complexity index is 865. The van der Waals surface area contributed by atoms with E-state index in [2.05, 4.69) is 20.4 Å². The van der Waals surface area contributed by atoms with Crippen molar-refractivity contribution in [3.63, 3.8) is 0 Å². The molecular formula is C17H21N5O3. The zero-order valence-electron chi connectivity index (χ0n) is 14.4. The van der Waals surface area contributed by atoms with Crippen LogP contribution in [-0.2, 0) is 7.05 Å². The molecule has 0 aliphatic carbocycles. The molecule has 0 aliphatic heterocycles. The molecule has 1 aromatic carbocycles. The van der Waals surface area contributed by atoms with E-state index in [1.54, 1.807) is 17.9 Å². The van der Waals surface area contributed by atoms with Crippen molar-refractivity contribution in [1.82, 2.24) is 19.7 Å². The van der Waals surface area contributed by atoms with Crippen LogP contribution in [0.5, 0.6) is 11.5 Å². The van der Waals surface area contributed by atoms with Crippen LogP contribution in [0.25, 0.3) is 11.0 Å². The number of rotatable bonds is 7. The van der Waals surface area contributed by atoms with Gasteiger partial charge in [-0.25, -0.2) is 9.97 Å². The maximum atomic E-state index is 10.2. The smallest absolute Gasteiger partial charge is 0.163 e. The molecule has 2 heterocycles. The van der Waals surface area contributed by atoms with E-state index in [-0.39, 0.29) is 6.61 Å². The lowest BCUT2D eigenvalue weighted by atomic mass is 10.3. The normalized spacial score (nSPS) is 12.2. The molecule has 3 rings (SSSR count). The van der Waals surface area contributed by atoms with Crippen molar-refractivity contribution < 1.29 is 14.6 Å². The summed E-state index contributed by atoms with van der Waals surface area (Å²) < 4.78 is 12.4. The summed E-state index contributed by atoms with van der Waals surface area (Å²) in [7, 11) is 3.43. The van der Waals surface area contributed by atoms with E-state index in [4.69, 9.17) is 9.47 Å². The molecule has 2 N–H and O–H groups in total. The molecule has 1 atom stereocenters. The SMILES string of the molecule is COc1cccc(OC[C@@H](O)CNc2ncnc3c2c(C)nn3C)c1. The Morgan fingerprint density at radius 2 is 2.08 bits per heavy atom. The number of nitrogens with one attached hydrogen (secondary N) is 1. The first kappa shape index (κ1) is 17.0. The summed E-state index contributed by atoms with van der Waals surface area (Å²) in [6.45, 7) is 2.35. The Hall–Kier alpha value is -2.87. The fourth-order valence-corrected chi connectivity index (χ4v) is 2.57. The summed E-state index contributed by atoms with van der Waals surface area (Å²) in [5.41, 5.74) is 1.58. The van der Waals surface area contributed by atoms with Gasteiger partial charge in [-0.3, -0.25) is 4.68 Å². The first-order valence-electron chi connectivity index (χ1n) is 7.91. The van der Waals surface area contributed by atoms with Gasteiger partial charge in [-0.1, -0.05) is 6.07 Å². The Morgan fingerprint density at radius 1 is 1.28 bits per heavy atom. The van der Waals surface area contributed by atoms with Crippen molar-refractivity contribution in [3.8, 4) is 11.5 Å². The summed E-state index contributed by atoms with van der Waals surface area (Å²) in [4.78, 5) is 8.48. The highest BCUT2D eigenvalue weighted by Crippen LogP contribution is 2.22. The van der Waals surface area contributed by atoms with Gasteiger partial charge in [0, 0.05) is 19.7 Å². The number of aliphatic hydroxyl groups is 1. The van der Waals surface area contributed by atoms with Gasteiger partial charge < -0.3 is 19.9 Å². The molecular weight excluding hydrogens is 322 g/mol. The Balaban J connectivity index is 1.60. The number of aliphatic hydroxyl groups excluding tert-OH is 1. The Morgan fingerprint density at radius 3 is 2.88 bits per heavy atom. The molecule has 0 saturated carbocycles. The molecule has 3 aromatic rings. The van der Waals surface area contributed by atoms with Gasteiger partial charge in [0.15, 0.2) is 5.65 Å². The first-order chi connectivity index (χ1) is 12.1. The maximum absolute atomic E-state index is 10.2. The van der Waals surface area contributed by atoms with E-state index in [0.717, 1.165) is 16.7 Å². The second-order valence-electron chi connectivity index (χ2n) is 5.65. The molecule has 132 valence electrons. The Labute approximate surface area is 145 Å². The fraction of sp³-hybridized carbons (Fsp3) is 0.353. The number of fused-ring (bicyclic) bond motifs is 1. The van der Waals surface area contributed by atoms with Crippen molar-refractivity contribution >= 4 is 16.9 Å². The van der Waals surface area contributed by atoms with E-state index < -0.39 is 6.10 Å². The average molecular weight is 343 g/mol. The number of aryl methyl sites for hydroxylation is 2. The summed E-state index contributed by atoms with van der Waals surface area (Å²) in [5, 5.41) is 18.5. The molecule has 25 heavy (non-hydrogen) atoms. The van der Waals surface area contributed by atoms with Crippen molar-refractivity contribution in [3.05, 3.63) is 36.3 Å². The zero-order chi connectivity index (χ0) is 17.8. The highest BCUT2D eigenvalue weighted by molar-refractivity contribution is 5.89.